The van der Waals surface area contributed by atoms with E-state index in [-0.39, 0.29) is 11.9 Å². The zero-order valence-electron chi connectivity index (χ0n) is 13.8. The van der Waals surface area contributed by atoms with Crippen LogP contribution in [0.25, 0.3) is 0 Å². The standard InChI is InChI=1S/C20H19O4P/c1-16-12-13-20(21)17(14-16)15-25(22,23-18-8-4-2-5-9-18)24-19-10-6-3-7-11-19/h2-14,21H,15H2,1H3. The molecule has 0 spiro atoms. The van der Waals surface area contributed by atoms with Gasteiger partial charge in [0.05, 0.1) is 0 Å². The molecule has 4 nitrogen and oxygen atoms in total. The summed E-state index contributed by atoms with van der Waals surface area (Å²) >= 11 is 0. The Labute approximate surface area is 147 Å². The number of phenolic OH excluding ortho intramolecular Hbond substituents is 1. The maximum atomic E-state index is 13.4. The van der Waals surface area contributed by atoms with Crippen LogP contribution in [0.3, 0.4) is 0 Å². The van der Waals surface area contributed by atoms with Crippen molar-refractivity contribution in [2.45, 2.75) is 13.1 Å². The molecule has 3 rings (SSSR count). The molecule has 1 N–H and O–H groups in total. The molecule has 0 aliphatic carbocycles. The minimum Gasteiger partial charge on any atom is -0.508 e. The highest BCUT2D eigenvalue weighted by atomic mass is 31.2. The fourth-order valence-electron chi connectivity index (χ4n) is 2.42. The van der Waals surface area contributed by atoms with Crippen LogP contribution < -0.4 is 9.05 Å². The van der Waals surface area contributed by atoms with Gasteiger partial charge in [-0.05, 0) is 37.3 Å². The molecule has 0 aromatic heterocycles. The van der Waals surface area contributed by atoms with Crippen LogP contribution in [0.1, 0.15) is 11.1 Å². The van der Waals surface area contributed by atoms with Crippen molar-refractivity contribution in [1.29, 1.82) is 0 Å². The van der Waals surface area contributed by atoms with E-state index in [1.807, 2.05) is 19.1 Å². The molecule has 0 saturated carbocycles. The van der Waals surface area contributed by atoms with Gasteiger partial charge in [-0.25, -0.2) is 4.57 Å². The predicted molar refractivity (Wildman–Crippen MR) is 98.3 cm³/mol. The molecule has 0 aliphatic heterocycles. The summed E-state index contributed by atoms with van der Waals surface area (Å²) in [5, 5.41) is 10.1. The highest BCUT2D eigenvalue weighted by molar-refractivity contribution is 7.53. The lowest BCUT2D eigenvalue weighted by Crippen LogP contribution is -2.04. The van der Waals surface area contributed by atoms with Crippen LogP contribution in [0.5, 0.6) is 17.2 Å². The molecule has 0 fully saturated rings. The van der Waals surface area contributed by atoms with Crippen molar-refractivity contribution >= 4 is 7.60 Å². The lowest BCUT2D eigenvalue weighted by atomic mass is 10.1. The van der Waals surface area contributed by atoms with Gasteiger partial charge in [0, 0.05) is 5.56 Å². The SMILES string of the molecule is Cc1ccc(O)c(CP(=O)(Oc2ccccc2)Oc2ccccc2)c1. The summed E-state index contributed by atoms with van der Waals surface area (Å²) in [6.45, 7) is 1.91. The summed E-state index contributed by atoms with van der Waals surface area (Å²) < 4.78 is 24.9. The third-order valence-electron chi connectivity index (χ3n) is 3.57. The van der Waals surface area contributed by atoms with Crippen LogP contribution >= 0.6 is 7.60 Å². The Bertz CT molecular complexity index is 833. The molecular formula is C20H19O4P. The molecule has 0 atom stereocenters. The van der Waals surface area contributed by atoms with Gasteiger partial charge in [0.2, 0.25) is 0 Å². The zero-order chi connectivity index (χ0) is 17.7. The molecule has 0 amide bonds. The molecule has 128 valence electrons. The molecule has 25 heavy (non-hydrogen) atoms. The van der Waals surface area contributed by atoms with Crippen molar-refractivity contribution < 1.29 is 18.7 Å². The Balaban J connectivity index is 1.93. The third kappa shape index (κ3) is 4.65. The van der Waals surface area contributed by atoms with Crippen molar-refractivity contribution in [3.63, 3.8) is 0 Å². The van der Waals surface area contributed by atoms with Crippen LogP contribution in [0, 0.1) is 6.92 Å². The molecule has 3 aromatic carbocycles. The Morgan fingerprint density at radius 1 is 0.840 bits per heavy atom. The van der Waals surface area contributed by atoms with E-state index in [0.29, 0.717) is 17.1 Å². The number of para-hydroxylation sites is 2. The Hall–Kier alpha value is -2.71. The van der Waals surface area contributed by atoms with Gasteiger partial charge in [0.15, 0.2) is 0 Å². The van der Waals surface area contributed by atoms with Gasteiger partial charge in [-0.15, -0.1) is 0 Å². The smallest absolute Gasteiger partial charge is 0.435 e. The second-order valence-electron chi connectivity index (χ2n) is 5.71. The summed E-state index contributed by atoms with van der Waals surface area (Å²) in [6, 6.07) is 22.9. The van der Waals surface area contributed by atoms with Crippen molar-refractivity contribution in [3.8, 4) is 17.2 Å². The summed E-state index contributed by atoms with van der Waals surface area (Å²) in [5.74, 6) is 0.974. The van der Waals surface area contributed by atoms with E-state index in [1.54, 1.807) is 66.7 Å². The summed E-state index contributed by atoms with van der Waals surface area (Å²) in [5.41, 5.74) is 1.48. The quantitative estimate of drug-likeness (QED) is 0.590. The largest absolute Gasteiger partial charge is 0.508 e. The van der Waals surface area contributed by atoms with Gasteiger partial charge in [-0.1, -0.05) is 54.1 Å². The Morgan fingerprint density at radius 3 is 1.88 bits per heavy atom. The van der Waals surface area contributed by atoms with Gasteiger partial charge in [0.1, 0.15) is 23.4 Å². The molecule has 0 aliphatic rings. The summed E-state index contributed by atoms with van der Waals surface area (Å²) in [7, 11) is -3.59. The predicted octanol–water partition coefficient (Wildman–Crippen LogP) is 5.55. The Kier molecular flexibility index (Phi) is 5.11. The third-order valence-corrected chi connectivity index (χ3v) is 5.28. The highest BCUT2D eigenvalue weighted by Crippen LogP contribution is 2.52. The lowest BCUT2D eigenvalue weighted by Gasteiger charge is -2.20. The first kappa shape index (κ1) is 17.1. The Morgan fingerprint density at radius 2 is 1.36 bits per heavy atom. The number of phenols is 1. The number of hydrogen-bond donors (Lipinski definition) is 1. The first-order chi connectivity index (χ1) is 12.0. The van der Waals surface area contributed by atoms with Crippen LogP contribution in [0.4, 0.5) is 0 Å². The van der Waals surface area contributed by atoms with Crippen molar-refractivity contribution in [2.75, 3.05) is 0 Å². The molecule has 5 heteroatoms. The number of benzene rings is 3. The van der Waals surface area contributed by atoms with Gasteiger partial charge in [-0.3, -0.25) is 0 Å². The van der Waals surface area contributed by atoms with E-state index in [0.717, 1.165) is 5.56 Å². The second-order valence-corrected chi connectivity index (χ2v) is 7.61. The monoisotopic (exact) mass is 354 g/mol. The van der Waals surface area contributed by atoms with Gasteiger partial charge in [0.25, 0.3) is 0 Å². The van der Waals surface area contributed by atoms with Crippen molar-refractivity contribution in [1.82, 2.24) is 0 Å². The second kappa shape index (κ2) is 7.45. The van der Waals surface area contributed by atoms with E-state index in [2.05, 4.69) is 0 Å². The van der Waals surface area contributed by atoms with Crippen molar-refractivity contribution in [3.05, 3.63) is 90.0 Å². The van der Waals surface area contributed by atoms with E-state index in [9.17, 15) is 9.67 Å². The maximum absolute atomic E-state index is 13.4. The molecular weight excluding hydrogens is 335 g/mol. The molecule has 0 unspecified atom stereocenters. The number of hydrogen-bond acceptors (Lipinski definition) is 4. The normalized spacial score (nSPS) is 11.1. The first-order valence-electron chi connectivity index (χ1n) is 7.91. The average molecular weight is 354 g/mol. The van der Waals surface area contributed by atoms with Crippen LogP contribution in [0.15, 0.2) is 78.9 Å². The number of aromatic hydroxyl groups is 1. The fraction of sp³-hybridized carbons (Fsp3) is 0.100. The van der Waals surface area contributed by atoms with E-state index < -0.39 is 7.60 Å². The van der Waals surface area contributed by atoms with Gasteiger partial charge in [-0.2, -0.15) is 0 Å². The maximum Gasteiger partial charge on any atom is 0.435 e. The molecule has 0 bridgehead atoms. The van der Waals surface area contributed by atoms with Crippen molar-refractivity contribution in [2.24, 2.45) is 0 Å². The van der Waals surface area contributed by atoms with Crippen LogP contribution in [-0.2, 0) is 10.7 Å². The number of rotatable bonds is 6. The summed E-state index contributed by atoms with van der Waals surface area (Å²) in [4.78, 5) is 0. The number of aryl methyl sites for hydroxylation is 1. The minimum atomic E-state index is -3.59. The van der Waals surface area contributed by atoms with E-state index in [1.165, 1.54) is 0 Å². The topological polar surface area (TPSA) is 55.8 Å². The first-order valence-corrected chi connectivity index (χ1v) is 9.64. The lowest BCUT2D eigenvalue weighted by molar-refractivity contribution is 0.382. The van der Waals surface area contributed by atoms with Gasteiger partial charge >= 0.3 is 7.60 Å². The average Bonchev–Trinajstić information content (AvgIpc) is 2.59. The molecule has 0 heterocycles. The van der Waals surface area contributed by atoms with E-state index in [4.69, 9.17) is 9.05 Å². The van der Waals surface area contributed by atoms with Crippen LogP contribution in [0.2, 0.25) is 0 Å². The van der Waals surface area contributed by atoms with Gasteiger partial charge < -0.3 is 14.2 Å². The molecule has 3 aromatic rings. The minimum absolute atomic E-state index is 0.0374. The highest BCUT2D eigenvalue weighted by Gasteiger charge is 2.30. The zero-order valence-corrected chi connectivity index (χ0v) is 14.7. The van der Waals surface area contributed by atoms with E-state index >= 15 is 0 Å². The van der Waals surface area contributed by atoms with Crippen LogP contribution in [-0.4, -0.2) is 5.11 Å². The molecule has 0 radical (unpaired) electrons. The fourth-order valence-corrected chi connectivity index (χ4v) is 4.14. The molecule has 0 saturated heterocycles. The summed E-state index contributed by atoms with van der Waals surface area (Å²) in [6.07, 6.45) is -0.0374.